The smallest absolute Gasteiger partial charge is 0.143 e. The Morgan fingerprint density at radius 2 is 0.338 bits per heavy atom. The fourth-order valence-electron chi connectivity index (χ4n) is 14.4. The summed E-state index contributed by atoms with van der Waals surface area (Å²) in [6.07, 6.45) is 0. The molecule has 0 radical (unpaired) electrons. The van der Waals surface area contributed by atoms with Crippen LogP contribution in [-0.4, -0.2) is 204 Å². The molecular weight excluding hydrogens is 826 g/mol. The molecule has 0 unspecified atom stereocenters. The van der Waals surface area contributed by atoms with E-state index in [2.05, 4.69) is 204 Å². The fourth-order valence-corrected chi connectivity index (χ4v) is 14.4. The second kappa shape index (κ2) is 16.6. The predicted octanol–water partition coefficient (Wildman–Crippen LogP) is -32.6. The minimum atomic E-state index is 1.03. The van der Waals surface area contributed by atoms with Crippen molar-refractivity contribution in [3.63, 3.8) is 0 Å². The van der Waals surface area contributed by atoms with E-state index in [-0.39, 0.29) is 0 Å². The first-order valence-corrected chi connectivity index (χ1v) is 26.4. The van der Waals surface area contributed by atoms with Gasteiger partial charge in [0.2, 0.25) is 0 Å². The Bertz CT molecular complexity index is 4210. The molecule has 0 atom stereocenters. The summed E-state index contributed by atoms with van der Waals surface area (Å²) in [7, 11) is 61.8. The van der Waals surface area contributed by atoms with Crippen LogP contribution in [0.4, 0.5) is 0 Å². The lowest BCUT2D eigenvalue weighted by Gasteiger charge is -2.32. The van der Waals surface area contributed by atoms with Crippen LogP contribution in [0.2, 0.25) is 0 Å². The highest BCUT2D eigenvalue weighted by Crippen LogP contribution is 2.43. The van der Waals surface area contributed by atoms with Crippen molar-refractivity contribution in [1.82, 2.24) is 0 Å². The third kappa shape index (κ3) is 6.20. The van der Waals surface area contributed by atoms with Crippen molar-refractivity contribution in [3.05, 3.63) is 0 Å². The van der Waals surface area contributed by atoms with Gasteiger partial charge in [0, 0.05) is 10.8 Å². The third-order valence-corrected chi connectivity index (χ3v) is 20.7. The number of hydrogen-bond acceptors (Lipinski definition) is 1. The lowest BCUT2D eigenvalue weighted by Crippen LogP contribution is -2.51. The van der Waals surface area contributed by atoms with Crippen LogP contribution in [0.15, 0.2) is 4.42 Å². The molecule has 0 saturated carbocycles. The first-order chi connectivity index (χ1) is 33.2. The molecule has 1 aromatic heterocycles. The number of hydrogen-bond donors (Lipinski definition) is 0. The minimum Gasteiger partial charge on any atom is -0.457 e. The standard InChI is InChI=1S/C44H52B26O/c45-17-4(11-9(23(51)35(63)37(65)25(11)53)3-10-14(27(55)26(54)12(3)17)28(56)38(66)36(64)24(10)52)1-5-7(21(49)33(61)31(59)19(5)47)2(8-6(1)20(48)32(60)34(62)22(8)50)13-18(46)15-16-30(58)39(67)40(68)42(70)44(16)71-43(15)41(69)29(13)57/h45-70H2. The molecule has 27 heteroatoms. The zero-order chi connectivity index (χ0) is 52.1. The minimum absolute atomic E-state index is 1.03. The van der Waals surface area contributed by atoms with E-state index in [1.807, 2.05) is 0 Å². The summed E-state index contributed by atoms with van der Waals surface area (Å²) in [4.78, 5) is 0. The Balaban J connectivity index is 1.60. The van der Waals surface area contributed by atoms with E-state index in [0.29, 0.717) is 0 Å². The summed E-state index contributed by atoms with van der Waals surface area (Å²) in [5.74, 6) is 0. The summed E-state index contributed by atoms with van der Waals surface area (Å²) < 4.78 is 7.09. The van der Waals surface area contributed by atoms with E-state index in [1.54, 1.807) is 0 Å². The summed E-state index contributed by atoms with van der Waals surface area (Å²) in [6.45, 7) is 0. The zero-order valence-corrected chi connectivity index (χ0v) is 48.4. The molecule has 0 spiro atoms. The van der Waals surface area contributed by atoms with Gasteiger partial charge in [-0.2, -0.15) is 0 Å². The van der Waals surface area contributed by atoms with E-state index in [0.717, 1.165) is 11.2 Å². The molecule has 0 aliphatic rings. The largest absolute Gasteiger partial charge is 0.457 e. The third-order valence-electron chi connectivity index (χ3n) is 20.7. The van der Waals surface area contributed by atoms with Gasteiger partial charge in [0.05, 0.1) is 0 Å². The SMILES string of the molecule is Bc1c(B)c(B)c2c(oc3c(B)c(B)c(-c4c5c(B)c(B)c(B)c(B)c5c(-c5c(B)c6c(B)c(B)c7c(B)c(B)c(B)c(B)c7c6c6c(B)c(B)c(B)c(B)c56)c5c(B)c(B)c(B)c(B)c45)c(B)c32)c1B. The Kier molecular flexibility index (Phi) is 11.8. The second-order valence-corrected chi connectivity index (χ2v) is 23.0. The van der Waals surface area contributed by atoms with E-state index in [4.69, 9.17) is 4.42 Å². The monoisotopic (exact) mass is 883 g/mol. The maximum atomic E-state index is 7.09. The van der Waals surface area contributed by atoms with Crippen molar-refractivity contribution >= 4 is 422 Å². The van der Waals surface area contributed by atoms with Crippen LogP contribution in [0.3, 0.4) is 0 Å². The van der Waals surface area contributed by atoms with Gasteiger partial charge in [-0.15, -0.1) is 49.2 Å². The van der Waals surface area contributed by atoms with E-state index >= 15 is 0 Å². The topological polar surface area (TPSA) is 13.1 Å². The van der Waals surface area contributed by atoms with Crippen LogP contribution >= 0.6 is 0 Å². The van der Waals surface area contributed by atoms with Gasteiger partial charge in [0.25, 0.3) is 0 Å². The van der Waals surface area contributed by atoms with Crippen molar-refractivity contribution in [1.29, 1.82) is 0 Å². The van der Waals surface area contributed by atoms with E-state index < -0.39 is 0 Å². The molecule has 1 heterocycles. The van der Waals surface area contributed by atoms with Crippen molar-refractivity contribution in [2.75, 3.05) is 0 Å². The van der Waals surface area contributed by atoms with Gasteiger partial charge in [-0.1, -0.05) is 92.9 Å². The molecule has 0 aliphatic heterocycles. The Morgan fingerprint density at radius 3 is 0.718 bits per heavy atom. The molecule has 312 valence electrons. The van der Waals surface area contributed by atoms with Gasteiger partial charge in [0.15, 0.2) is 0 Å². The van der Waals surface area contributed by atoms with Gasteiger partial charge in [0.1, 0.15) is 215 Å². The van der Waals surface area contributed by atoms with Gasteiger partial charge < -0.3 is 4.42 Å². The predicted molar refractivity (Wildman–Crippen MR) is 405 cm³/mol. The summed E-state index contributed by atoms with van der Waals surface area (Å²) >= 11 is 0. The van der Waals surface area contributed by atoms with Crippen LogP contribution in [-0.2, 0) is 0 Å². The van der Waals surface area contributed by atoms with Gasteiger partial charge in [-0.05, 0) is 76.1 Å². The highest BCUT2D eigenvalue weighted by molar-refractivity contribution is 6.78. The molecule has 0 fully saturated rings. The maximum absolute atomic E-state index is 7.09. The first kappa shape index (κ1) is 50.3. The average Bonchev–Trinajstić information content (AvgIpc) is 3.76. The molecule has 0 N–H and O–H groups in total. The van der Waals surface area contributed by atoms with Crippen LogP contribution in [0.1, 0.15) is 0 Å². The average molecular weight is 878 g/mol. The summed E-state index contributed by atoms with van der Waals surface area (Å²) in [5, 5.41) is 16.7. The van der Waals surface area contributed by atoms with Gasteiger partial charge >= 0.3 is 0 Å². The van der Waals surface area contributed by atoms with Crippen LogP contribution in [0.25, 0.3) is 98.1 Å². The van der Waals surface area contributed by atoms with Crippen LogP contribution < -0.4 is 142 Å². The molecule has 1 nitrogen and oxygen atoms in total. The van der Waals surface area contributed by atoms with Crippen molar-refractivity contribution in [2.24, 2.45) is 0 Å². The highest BCUT2D eigenvalue weighted by Gasteiger charge is 2.32. The van der Waals surface area contributed by atoms with Crippen LogP contribution in [0, 0.1) is 0 Å². The fraction of sp³-hybridized carbons (Fsp3) is 0. The highest BCUT2D eigenvalue weighted by atomic mass is 16.3. The molecular formula is C44H52B26O. The van der Waals surface area contributed by atoms with Crippen molar-refractivity contribution < 1.29 is 4.42 Å². The quantitative estimate of drug-likeness (QED) is 0.0958. The Labute approximate surface area is 445 Å². The second-order valence-electron chi connectivity index (χ2n) is 23.0. The van der Waals surface area contributed by atoms with E-state index in [1.165, 1.54) is 229 Å². The van der Waals surface area contributed by atoms with Gasteiger partial charge in [-0.3, -0.25) is 0 Å². The lowest BCUT2D eigenvalue weighted by atomic mass is 9.56. The maximum Gasteiger partial charge on any atom is 0.143 e. The Morgan fingerprint density at radius 1 is 0.127 bits per heavy atom. The molecule has 0 amide bonds. The molecule has 0 saturated heterocycles. The molecule has 0 bridgehead atoms. The number of rotatable bonds is 2. The van der Waals surface area contributed by atoms with Crippen molar-refractivity contribution in [2.45, 2.75) is 0 Å². The molecule has 71 heavy (non-hydrogen) atoms. The molecule has 9 aromatic carbocycles. The number of benzene rings is 9. The first-order valence-electron chi connectivity index (χ1n) is 26.4. The number of fused-ring (bicyclic) bond motifs is 10. The van der Waals surface area contributed by atoms with E-state index in [9.17, 15) is 0 Å². The van der Waals surface area contributed by atoms with Crippen LogP contribution in [0.5, 0.6) is 0 Å². The lowest BCUT2D eigenvalue weighted by molar-refractivity contribution is 0.675. The summed E-state index contributed by atoms with van der Waals surface area (Å²) in [6, 6.07) is 0. The molecule has 10 rings (SSSR count). The zero-order valence-electron chi connectivity index (χ0n) is 48.4. The normalized spacial score (nSPS) is 12.0. The van der Waals surface area contributed by atoms with Crippen molar-refractivity contribution in [3.8, 4) is 22.3 Å². The molecule has 0 aliphatic carbocycles. The van der Waals surface area contributed by atoms with Gasteiger partial charge in [-0.25, -0.2) is 0 Å². The Hall–Kier alpha value is -4.23. The molecule has 10 aromatic rings. The summed E-state index contributed by atoms with van der Waals surface area (Å²) in [5.41, 5.74) is 43.2. The number of furan rings is 1.